The van der Waals surface area contributed by atoms with Crippen molar-refractivity contribution in [1.82, 2.24) is 24.0 Å². The number of ether oxygens (including phenoxy) is 3. The fourth-order valence-electron chi connectivity index (χ4n) is 3.73. The van der Waals surface area contributed by atoms with Gasteiger partial charge in [-0.25, -0.2) is 9.48 Å². The minimum absolute atomic E-state index is 0.00326. The molecule has 0 N–H and O–H groups in total. The minimum Gasteiger partial charge on any atom is -0.493 e. The Hall–Kier alpha value is -3.86. The van der Waals surface area contributed by atoms with Crippen LogP contribution in [0.4, 0.5) is 3.89 Å². The van der Waals surface area contributed by atoms with Gasteiger partial charge in [-0.05, 0) is 30.4 Å². The van der Waals surface area contributed by atoms with Gasteiger partial charge in [-0.15, -0.1) is 3.89 Å². The number of aryl methyl sites for hydroxylation is 1. The second-order valence-electron chi connectivity index (χ2n) is 7.53. The lowest BCUT2D eigenvalue weighted by molar-refractivity contribution is 0.0600. The van der Waals surface area contributed by atoms with Gasteiger partial charge in [-0.3, -0.25) is 4.98 Å². The van der Waals surface area contributed by atoms with Gasteiger partial charge in [-0.2, -0.15) is 14.3 Å². The Kier molecular flexibility index (Phi) is 5.93. The third-order valence-electron chi connectivity index (χ3n) is 5.43. The average Bonchev–Trinajstić information content (AvgIpc) is 3.41. The van der Waals surface area contributed by atoms with Crippen molar-refractivity contribution < 1.29 is 22.9 Å². The van der Waals surface area contributed by atoms with Crippen molar-refractivity contribution in [3.05, 3.63) is 53.5 Å². The van der Waals surface area contributed by atoms with Gasteiger partial charge in [-0.1, -0.05) is 6.07 Å². The summed E-state index contributed by atoms with van der Waals surface area (Å²) in [4.78, 5) is 16.5. The maximum Gasteiger partial charge on any atom is 0.337 e. The first-order chi connectivity index (χ1) is 16.6. The molecule has 0 unspecified atom stereocenters. The van der Waals surface area contributed by atoms with Crippen LogP contribution in [0.5, 0.6) is 11.6 Å². The summed E-state index contributed by atoms with van der Waals surface area (Å²) in [7, 11) is 3.12. The molecular weight excluding hydrogens is 461 g/mol. The number of benzene rings is 1. The fraction of sp³-hybridized carbons (Fsp3) is 0.217. The van der Waals surface area contributed by atoms with Gasteiger partial charge in [0, 0.05) is 24.4 Å². The van der Waals surface area contributed by atoms with Crippen molar-refractivity contribution in [3.8, 4) is 22.9 Å². The highest BCUT2D eigenvalue weighted by atomic mass is 32.2. The largest absolute Gasteiger partial charge is 0.493 e. The number of esters is 1. The molecular formula is C23H20FN5O4S. The Morgan fingerprint density at radius 3 is 2.85 bits per heavy atom. The molecule has 1 aliphatic heterocycles. The molecule has 9 nitrogen and oxygen atoms in total. The van der Waals surface area contributed by atoms with E-state index >= 15 is 0 Å². The molecule has 0 aliphatic carbocycles. The van der Waals surface area contributed by atoms with Crippen LogP contribution in [0.2, 0.25) is 0 Å². The van der Waals surface area contributed by atoms with Crippen molar-refractivity contribution in [2.24, 2.45) is 7.05 Å². The number of hydrogen-bond acceptors (Lipinski definition) is 8. The molecule has 4 heterocycles. The Morgan fingerprint density at radius 1 is 1.18 bits per heavy atom. The van der Waals surface area contributed by atoms with Gasteiger partial charge in [0.05, 0.1) is 55.2 Å². The molecule has 0 amide bonds. The lowest BCUT2D eigenvalue weighted by Gasteiger charge is -2.12. The summed E-state index contributed by atoms with van der Waals surface area (Å²) in [5.74, 6) is 0.628. The molecule has 0 radical (unpaired) electrons. The fourth-order valence-corrected chi connectivity index (χ4v) is 4.07. The first-order valence-corrected chi connectivity index (χ1v) is 11.1. The second-order valence-corrected chi connectivity index (χ2v) is 8.01. The average molecular weight is 482 g/mol. The van der Waals surface area contributed by atoms with Crippen LogP contribution in [0.25, 0.3) is 34.3 Å². The number of carbonyl (C=O) groups is 1. The van der Waals surface area contributed by atoms with E-state index in [1.54, 1.807) is 48.4 Å². The number of nitrogens with zero attached hydrogens (tertiary/aromatic N) is 5. The summed E-state index contributed by atoms with van der Waals surface area (Å²) in [6.45, 7) is 0.750. The Bertz CT molecular complexity index is 1410. The van der Waals surface area contributed by atoms with Crippen LogP contribution < -0.4 is 9.47 Å². The smallest absolute Gasteiger partial charge is 0.337 e. The summed E-state index contributed by atoms with van der Waals surface area (Å²) in [6.07, 6.45) is 7.46. The van der Waals surface area contributed by atoms with Gasteiger partial charge >= 0.3 is 5.97 Å². The molecule has 0 saturated carbocycles. The van der Waals surface area contributed by atoms with E-state index in [-0.39, 0.29) is 12.3 Å². The first kappa shape index (κ1) is 22.0. The monoisotopic (exact) mass is 481 g/mol. The van der Waals surface area contributed by atoms with Gasteiger partial charge in [0.15, 0.2) is 12.3 Å². The van der Waals surface area contributed by atoms with Crippen LogP contribution >= 0.6 is 12.3 Å². The third-order valence-corrected chi connectivity index (χ3v) is 5.84. The lowest BCUT2D eigenvalue weighted by Crippen LogP contribution is -2.09. The molecule has 0 spiro atoms. The van der Waals surface area contributed by atoms with Crippen molar-refractivity contribution in [2.45, 2.75) is 6.42 Å². The molecule has 1 aliphatic rings. The summed E-state index contributed by atoms with van der Waals surface area (Å²) in [5.41, 5.74) is 3.56. The summed E-state index contributed by atoms with van der Waals surface area (Å²) < 4.78 is 33.2. The number of fused-ring (bicyclic) bond motifs is 4. The normalized spacial score (nSPS) is 14.3. The highest BCUT2D eigenvalue weighted by molar-refractivity contribution is 7.92. The molecule has 174 valence electrons. The topological polar surface area (TPSA) is 93.3 Å². The Morgan fingerprint density at radius 2 is 2.03 bits per heavy atom. The molecule has 5 rings (SSSR count). The number of aromatic nitrogens is 5. The van der Waals surface area contributed by atoms with Gasteiger partial charge in [0.25, 0.3) is 0 Å². The summed E-state index contributed by atoms with van der Waals surface area (Å²) in [6, 6.07) is 6.91. The lowest BCUT2D eigenvalue weighted by atomic mass is 10.1. The summed E-state index contributed by atoms with van der Waals surface area (Å²) >= 11 is -0.00326. The summed E-state index contributed by atoms with van der Waals surface area (Å²) in [5, 5.41) is 9.38. The van der Waals surface area contributed by atoms with Crippen LogP contribution in [-0.2, 0) is 11.8 Å². The molecule has 34 heavy (non-hydrogen) atoms. The zero-order valence-corrected chi connectivity index (χ0v) is 19.2. The predicted octanol–water partition coefficient (Wildman–Crippen LogP) is 4.33. The zero-order chi connectivity index (χ0) is 23.7. The molecule has 0 atom stereocenters. The number of halogens is 1. The quantitative estimate of drug-likeness (QED) is 0.391. The standard InChI is InChI=1S/C23H20FN5O4S/c1-28-22-17(12-26-28)19-11-16-18(27-29(34-24)20(16)13-25-19)7-6-14-4-5-15(23(30)31-2)10-21(14)32-8-3-9-33-22/h4-7,10-13H,3,8-9H2,1-2H3/b7-6+. The minimum atomic E-state index is -0.455. The maximum absolute atomic E-state index is 13.6. The Labute approximate surface area is 198 Å². The van der Waals surface area contributed by atoms with Crippen molar-refractivity contribution >= 4 is 41.4 Å². The number of rotatable bonds is 2. The zero-order valence-electron chi connectivity index (χ0n) is 18.4. The predicted molar refractivity (Wildman–Crippen MR) is 126 cm³/mol. The second kappa shape index (κ2) is 9.18. The highest BCUT2D eigenvalue weighted by Crippen LogP contribution is 2.33. The van der Waals surface area contributed by atoms with Gasteiger partial charge in [0.2, 0.25) is 5.88 Å². The molecule has 0 saturated heterocycles. The van der Waals surface area contributed by atoms with E-state index in [0.717, 1.165) is 11.1 Å². The molecule has 1 aromatic carbocycles. The van der Waals surface area contributed by atoms with E-state index in [1.165, 1.54) is 11.2 Å². The van der Waals surface area contributed by atoms with E-state index < -0.39 is 5.97 Å². The Balaban J connectivity index is 1.65. The van der Waals surface area contributed by atoms with E-state index in [1.807, 2.05) is 12.1 Å². The van der Waals surface area contributed by atoms with E-state index in [9.17, 15) is 8.68 Å². The van der Waals surface area contributed by atoms with Crippen molar-refractivity contribution in [1.29, 1.82) is 0 Å². The molecule has 4 aromatic rings. The molecule has 0 fully saturated rings. The SMILES string of the molecule is COC(=O)c1ccc2c(c1)OCCCOc1c(cnn1C)-c1cc3c(nn(SF)c3cn1)/C=C/2. The van der Waals surface area contributed by atoms with E-state index in [0.29, 0.717) is 59.1 Å². The number of pyridine rings is 1. The number of carbonyl (C=O) groups excluding carboxylic acids is 1. The van der Waals surface area contributed by atoms with Crippen molar-refractivity contribution in [3.63, 3.8) is 0 Å². The third kappa shape index (κ3) is 3.98. The maximum atomic E-state index is 13.6. The van der Waals surface area contributed by atoms with Crippen LogP contribution in [0.1, 0.15) is 28.0 Å². The molecule has 2 bridgehead atoms. The first-order valence-electron chi connectivity index (χ1n) is 10.5. The van der Waals surface area contributed by atoms with Crippen LogP contribution in [-0.4, -0.2) is 50.2 Å². The van der Waals surface area contributed by atoms with E-state index in [2.05, 4.69) is 15.2 Å². The van der Waals surface area contributed by atoms with Crippen LogP contribution in [0.15, 0.2) is 36.7 Å². The highest BCUT2D eigenvalue weighted by Gasteiger charge is 2.18. The number of methoxy groups -OCH3 is 1. The van der Waals surface area contributed by atoms with Crippen LogP contribution in [0, 0.1) is 0 Å². The van der Waals surface area contributed by atoms with E-state index in [4.69, 9.17) is 14.2 Å². The van der Waals surface area contributed by atoms with Gasteiger partial charge < -0.3 is 14.2 Å². The molecule has 3 aromatic heterocycles. The van der Waals surface area contributed by atoms with Gasteiger partial charge in [0.1, 0.15) is 11.3 Å². The van der Waals surface area contributed by atoms with Crippen LogP contribution in [0.3, 0.4) is 0 Å². The van der Waals surface area contributed by atoms with Crippen molar-refractivity contribution in [2.75, 3.05) is 20.3 Å². The number of hydrogen-bond donors (Lipinski definition) is 0. The molecule has 11 heteroatoms.